The Labute approximate surface area is 167 Å². The molecular weight excluding hydrogens is 374 g/mol. The molecule has 0 saturated carbocycles. The average Bonchev–Trinajstić information content (AvgIpc) is 3.12. The molecule has 2 aromatic carbocycles. The summed E-state index contributed by atoms with van der Waals surface area (Å²) in [7, 11) is 3.15. The molecule has 0 aliphatic carbocycles. The van der Waals surface area contributed by atoms with Crippen LogP contribution in [0.3, 0.4) is 0 Å². The highest BCUT2D eigenvalue weighted by molar-refractivity contribution is 5.97. The maximum atomic E-state index is 12.8. The highest BCUT2D eigenvalue weighted by Crippen LogP contribution is 2.36. The van der Waals surface area contributed by atoms with E-state index in [9.17, 15) is 4.79 Å². The van der Waals surface area contributed by atoms with Crippen LogP contribution < -0.4 is 24.3 Å². The number of nitrogens with one attached hydrogen (secondary N) is 2. The average molecular weight is 395 g/mol. The van der Waals surface area contributed by atoms with Crippen LogP contribution in [0.4, 0.5) is 5.82 Å². The van der Waals surface area contributed by atoms with Crippen molar-refractivity contribution in [2.24, 2.45) is 0 Å². The molecule has 3 aromatic rings. The van der Waals surface area contributed by atoms with Crippen LogP contribution in [0.1, 0.15) is 5.69 Å². The number of nitrogens with zero attached hydrogens (tertiary/aromatic N) is 1. The second kappa shape index (κ2) is 7.75. The molecule has 1 amide bonds. The summed E-state index contributed by atoms with van der Waals surface area (Å²) in [5.41, 5.74) is 2.39. The summed E-state index contributed by atoms with van der Waals surface area (Å²) in [6, 6.07) is 12.8. The number of hydrogen-bond acceptors (Lipinski definition) is 6. The number of aromatic amines is 1. The van der Waals surface area contributed by atoms with Crippen LogP contribution in [0, 0.1) is 6.92 Å². The van der Waals surface area contributed by atoms with E-state index in [0.717, 1.165) is 16.8 Å². The summed E-state index contributed by atoms with van der Waals surface area (Å²) in [6.45, 7) is 2.00. The molecule has 150 valence electrons. The molecule has 1 aliphatic heterocycles. The topological polar surface area (TPSA) is 94.7 Å². The molecule has 0 fully saturated rings. The Morgan fingerprint density at radius 2 is 1.90 bits per heavy atom. The molecule has 0 radical (unpaired) electrons. The Morgan fingerprint density at radius 1 is 1.14 bits per heavy atom. The fourth-order valence-electron chi connectivity index (χ4n) is 3.21. The number of benzene rings is 2. The van der Waals surface area contributed by atoms with Crippen LogP contribution in [-0.2, 0) is 4.79 Å². The first-order valence-corrected chi connectivity index (χ1v) is 9.07. The van der Waals surface area contributed by atoms with Gasteiger partial charge in [-0.1, -0.05) is 18.2 Å². The summed E-state index contributed by atoms with van der Waals surface area (Å²) in [6.07, 6.45) is -0.778. The minimum Gasteiger partial charge on any atom is -0.493 e. The Hall–Kier alpha value is -3.68. The number of ether oxygens (including phenoxy) is 4. The van der Waals surface area contributed by atoms with Crippen molar-refractivity contribution in [1.82, 2.24) is 10.2 Å². The number of anilines is 1. The molecule has 8 heteroatoms. The van der Waals surface area contributed by atoms with E-state index >= 15 is 0 Å². The molecule has 1 aromatic heterocycles. The first-order valence-electron chi connectivity index (χ1n) is 9.07. The monoisotopic (exact) mass is 395 g/mol. The fraction of sp³-hybridized carbons (Fsp3) is 0.238. The second-order valence-electron chi connectivity index (χ2n) is 6.50. The van der Waals surface area contributed by atoms with E-state index < -0.39 is 6.10 Å². The van der Waals surface area contributed by atoms with E-state index in [-0.39, 0.29) is 12.5 Å². The predicted octanol–water partition coefficient (Wildman–Crippen LogP) is 3.18. The van der Waals surface area contributed by atoms with Gasteiger partial charge in [0.25, 0.3) is 5.91 Å². The maximum Gasteiger partial charge on any atom is 0.270 e. The van der Waals surface area contributed by atoms with E-state index in [2.05, 4.69) is 15.5 Å². The molecule has 1 unspecified atom stereocenters. The summed E-state index contributed by atoms with van der Waals surface area (Å²) in [5, 5.41) is 10.00. The number of fused-ring (bicyclic) bond motifs is 1. The molecule has 4 rings (SSSR count). The van der Waals surface area contributed by atoms with E-state index in [0.29, 0.717) is 28.8 Å². The van der Waals surface area contributed by atoms with Gasteiger partial charge in [-0.3, -0.25) is 9.89 Å². The van der Waals surface area contributed by atoms with Gasteiger partial charge in [0.2, 0.25) is 6.10 Å². The molecule has 2 N–H and O–H groups in total. The molecule has 8 nitrogen and oxygen atoms in total. The van der Waals surface area contributed by atoms with Gasteiger partial charge in [0, 0.05) is 11.3 Å². The number of methoxy groups -OCH3 is 2. The Bertz CT molecular complexity index is 1050. The van der Waals surface area contributed by atoms with Crippen LogP contribution in [0.2, 0.25) is 0 Å². The van der Waals surface area contributed by atoms with Crippen molar-refractivity contribution in [1.29, 1.82) is 0 Å². The van der Waals surface area contributed by atoms with Gasteiger partial charge in [0.15, 0.2) is 28.8 Å². The third-order valence-electron chi connectivity index (χ3n) is 4.66. The zero-order valence-corrected chi connectivity index (χ0v) is 16.3. The fourth-order valence-corrected chi connectivity index (χ4v) is 3.21. The van der Waals surface area contributed by atoms with Crippen LogP contribution >= 0.6 is 0 Å². The van der Waals surface area contributed by atoms with Crippen molar-refractivity contribution >= 4 is 11.7 Å². The maximum absolute atomic E-state index is 12.8. The van der Waals surface area contributed by atoms with E-state index in [1.54, 1.807) is 32.4 Å². The number of rotatable bonds is 5. The van der Waals surface area contributed by atoms with Gasteiger partial charge in [0.1, 0.15) is 6.61 Å². The molecule has 2 heterocycles. The third-order valence-corrected chi connectivity index (χ3v) is 4.66. The van der Waals surface area contributed by atoms with Crippen molar-refractivity contribution in [2.45, 2.75) is 13.0 Å². The smallest absolute Gasteiger partial charge is 0.270 e. The Balaban J connectivity index is 1.58. The zero-order valence-electron chi connectivity index (χ0n) is 16.3. The lowest BCUT2D eigenvalue weighted by Gasteiger charge is -2.25. The van der Waals surface area contributed by atoms with Gasteiger partial charge >= 0.3 is 0 Å². The van der Waals surface area contributed by atoms with Gasteiger partial charge in [-0.15, -0.1) is 0 Å². The van der Waals surface area contributed by atoms with E-state index in [1.165, 1.54) is 0 Å². The third kappa shape index (κ3) is 3.56. The van der Waals surface area contributed by atoms with Crippen molar-refractivity contribution in [3.63, 3.8) is 0 Å². The van der Waals surface area contributed by atoms with Crippen molar-refractivity contribution in [3.8, 4) is 34.1 Å². The number of aryl methyl sites for hydroxylation is 1. The lowest BCUT2D eigenvalue weighted by atomic mass is 10.0. The molecule has 0 bridgehead atoms. The van der Waals surface area contributed by atoms with Crippen molar-refractivity contribution in [2.75, 3.05) is 26.1 Å². The Morgan fingerprint density at radius 3 is 2.66 bits per heavy atom. The first-order chi connectivity index (χ1) is 14.1. The second-order valence-corrected chi connectivity index (χ2v) is 6.50. The standard InChI is InChI=1S/C21H21N3O5/c1-12-19(13-8-9-14(26-2)17(10-13)27-3)20(24-23-12)22-21(25)18-11-28-15-6-4-5-7-16(15)29-18/h4-10,18H,11H2,1-3H3,(H2,22,23,24,25). The number of H-pyrrole nitrogens is 1. The molecular formula is C21H21N3O5. The van der Waals surface area contributed by atoms with Crippen molar-refractivity contribution < 1.29 is 23.7 Å². The number of carbonyl (C=O) groups excluding carboxylic acids is 1. The molecule has 0 spiro atoms. The normalized spacial score (nSPS) is 14.9. The molecule has 29 heavy (non-hydrogen) atoms. The number of aromatic nitrogens is 2. The number of para-hydroxylation sites is 2. The SMILES string of the molecule is COc1ccc(-c2c(NC(=O)C3COc4ccccc4O3)n[nH]c2C)cc1OC. The van der Waals surface area contributed by atoms with Gasteiger partial charge in [-0.25, -0.2) is 0 Å². The van der Waals surface area contributed by atoms with Gasteiger partial charge in [-0.05, 0) is 36.8 Å². The molecule has 1 aliphatic rings. The lowest BCUT2D eigenvalue weighted by molar-refractivity contribution is -0.125. The highest BCUT2D eigenvalue weighted by Gasteiger charge is 2.29. The van der Waals surface area contributed by atoms with Crippen LogP contribution in [-0.4, -0.2) is 43.0 Å². The van der Waals surface area contributed by atoms with Gasteiger partial charge in [-0.2, -0.15) is 5.10 Å². The lowest BCUT2D eigenvalue weighted by Crippen LogP contribution is -2.40. The highest BCUT2D eigenvalue weighted by atomic mass is 16.6. The summed E-state index contributed by atoms with van der Waals surface area (Å²) < 4.78 is 22.1. The number of hydrogen-bond donors (Lipinski definition) is 2. The summed E-state index contributed by atoms with van der Waals surface area (Å²) in [5.74, 6) is 2.43. The number of carbonyl (C=O) groups is 1. The van der Waals surface area contributed by atoms with E-state index in [4.69, 9.17) is 18.9 Å². The zero-order chi connectivity index (χ0) is 20.4. The minimum absolute atomic E-state index is 0.123. The summed E-state index contributed by atoms with van der Waals surface area (Å²) >= 11 is 0. The number of amides is 1. The molecule has 0 saturated heterocycles. The van der Waals surface area contributed by atoms with Crippen LogP contribution in [0.5, 0.6) is 23.0 Å². The van der Waals surface area contributed by atoms with Crippen LogP contribution in [0.15, 0.2) is 42.5 Å². The Kier molecular flexibility index (Phi) is 4.99. The largest absolute Gasteiger partial charge is 0.493 e. The van der Waals surface area contributed by atoms with Gasteiger partial charge in [0.05, 0.1) is 14.2 Å². The minimum atomic E-state index is -0.778. The summed E-state index contributed by atoms with van der Waals surface area (Å²) in [4.78, 5) is 12.8. The molecule has 1 atom stereocenters. The first kappa shape index (κ1) is 18.7. The van der Waals surface area contributed by atoms with Crippen molar-refractivity contribution in [3.05, 3.63) is 48.2 Å². The van der Waals surface area contributed by atoms with Gasteiger partial charge < -0.3 is 24.3 Å². The quantitative estimate of drug-likeness (QED) is 0.689. The van der Waals surface area contributed by atoms with E-state index in [1.807, 2.05) is 31.2 Å². The van der Waals surface area contributed by atoms with Crippen LogP contribution in [0.25, 0.3) is 11.1 Å². The predicted molar refractivity (Wildman–Crippen MR) is 107 cm³/mol.